The molecule has 1 N–H and O–H groups in total. The largest absolute Gasteiger partial charge is 0.495 e. The number of benzene rings is 3. The standard InChI is InChI=1S/C22H14Br2N2O4/c1-30-19-15(10-12(23)11-16(19)24)20(27)25-17-9-5-8-14-18(17)22(29)26(21(14)28)13-6-3-2-4-7-13/h2-11H,1H3,(H,25,27). The third-order valence-corrected chi connectivity index (χ3v) is 5.68. The third-order valence-electron chi connectivity index (χ3n) is 4.63. The first-order valence-electron chi connectivity index (χ1n) is 8.83. The topological polar surface area (TPSA) is 75.7 Å². The molecule has 0 fully saturated rings. The third kappa shape index (κ3) is 3.42. The summed E-state index contributed by atoms with van der Waals surface area (Å²) in [5.74, 6) is -1.03. The van der Waals surface area contributed by atoms with Gasteiger partial charge in [0.05, 0.1) is 39.6 Å². The van der Waals surface area contributed by atoms with Gasteiger partial charge in [-0.05, 0) is 52.3 Å². The summed E-state index contributed by atoms with van der Waals surface area (Å²) < 4.78 is 6.62. The lowest BCUT2D eigenvalue weighted by Crippen LogP contribution is -2.29. The molecule has 6 nitrogen and oxygen atoms in total. The summed E-state index contributed by atoms with van der Waals surface area (Å²) in [7, 11) is 1.46. The number of fused-ring (bicyclic) bond motifs is 1. The van der Waals surface area contributed by atoms with Crippen LogP contribution in [0.5, 0.6) is 5.75 Å². The second-order valence-electron chi connectivity index (χ2n) is 6.43. The monoisotopic (exact) mass is 528 g/mol. The van der Waals surface area contributed by atoms with Crippen LogP contribution < -0.4 is 15.0 Å². The summed E-state index contributed by atoms with van der Waals surface area (Å²) in [5, 5.41) is 2.75. The molecule has 1 aliphatic rings. The molecule has 1 heterocycles. The molecule has 0 bridgehead atoms. The summed E-state index contributed by atoms with van der Waals surface area (Å²) in [6, 6.07) is 16.8. The Hall–Kier alpha value is -2.97. The van der Waals surface area contributed by atoms with Crippen LogP contribution in [-0.4, -0.2) is 24.8 Å². The molecule has 0 atom stereocenters. The molecule has 150 valence electrons. The number of anilines is 2. The van der Waals surface area contributed by atoms with Crippen LogP contribution >= 0.6 is 31.9 Å². The Balaban J connectivity index is 1.73. The van der Waals surface area contributed by atoms with E-state index in [0.717, 1.165) is 4.90 Å². The number of halogens is 2. The number of imide groups is 1. The molecule has 8 heteroatoms. The van der Waals surface area contributed by atoms with Gasteiger partial charge >= 0.3 is 0 Å². The van der Waals surface area contributed by atoms with Gasteiger partial charge in [0, 0.05) is 4.47 Å². The van der Waals surface area contributed by atoms with Crippen LogP contribution in [0.4, 0.5) is 11.4 Å². The van der Waals surface area contributed by atoms with Crippen LogP contribution in [0.3, 0.4) is 0 Å². The Kier molecular flexibility index (Phi) is 5.44. The fraction of sp³-hybridized carbons (Fsp3) is 0.0455. The zero-order valence-electron chi connectivity index (χ0n) is 15.6. The molecular formula is C22H14Br2N2O4. The van der Waals surface area contributed by atoms with E-state index in [1.54, 1.807) is 60.7 Å². The predicted octanol–water partition coefficient (Wildman–Crippen LogP) is 5.27. The molecule has 0 saturated carbocycles. The Morgan fingerprint density at radius 1 is 0.967 bits per heavy atom. The minimum absolute atomic E-state index is 0.160. The summed E-state index contributed by atoms with van der Waals surface area (Å²) in [6.45, 7) is 0. The zero-order chi connectivity index (χ0) is 21.4. The Bertz CT molecular complexity index is 1200. The average molecular weight is 530 g/mol. The molecule has 0 spiro atoms. The highest BCUT2D eigenvalue weighted by atomic mass is 79.9. The minimum atomic E-state index is -0.487. The van der Waals surface area contributed by atoms with Crippen molar-refractivity contribution in [1.29, 1.82) is 0 Å². The van der Waals surface area contributed by atoms with Gasteiger partial charge in [-0.15, -0.1) is 0 Å². The smallest absolute Gasteiger partial charge is 0.268 e. The molecule has 30 heavy (non-hydrogen) atoms. The number of carbonyl (C=O) groups is 3. The van der Waals surface area contributed by atoms with Crippen LogP contribution in [0.25, 0.3) is 0 Å². The van der Waals surface area contributed by atoms with E-state index in [9.17, 15) is 14.4 Å². The molecule has 0 saturated heterocycles. The summed E-state index contributed by atoms with van der Waals surface area (Å²) in [4.78, 5) is 40.1. The highest BCUT2D eigenvalue weighted by Crippen LogP contribution is 2.35. The number of hydrogen-bond acceptors (Lipinski definition) is 4. The normalized spacial score (nSPS) is 12.7. The number of amides is 3. The van der Waals surface area contributed by atoms with Crippen molar-refractivity contribution in [3.8, 4) is 5.75 Å². The van der Waals surface area contributed by atoms with Gasteiger partial charge in [-0.25, -0.2) is 4.90 Å². The van der Waals surface area contributed by atoms with Crippen LogP contribution in [-0.2, 0) is 0 Å². The number of nitrogens with one attached hydrogen (secondary N) is 1. The fourth-order valence-corrected chi connectivity index (χ4v) is 4.71. The molecule has 3 aromatic carbocycles. The van der Waals surface area contributed by atoms with Crippen molar-refractivity contribution in [2.45, 2.75) is 0 Å². The first-order chi connectivity index (χ1) is 14.4. The summed E-state index contributed by atoms with van der Waals surface area (Å²) >= 11 is 6.73. The van der Waals surface area contributed by atoms with Crippen molar-refractivity contribution in [2.75, 3.05) is 17.3 Å². The number of para-hydroxylation sites is 1. The van der Waals surface area contributed by atoms with Crippen molar-refractivity contribution < 1.29 is 19.1 Å². The molecule has 3 amide bonds. The van der Waals surface area contributed by atoms with Gasteiger partial charge in [0.1, 0.15) is 5.75 Å². The maximum atomic E-state index is 13.1. The molecule has 4 rings (SSSR count). The lowest BCUT2D eigenvalue weighted by atomic mass is 10.1. The van der Waals surface area contributed by atoms with E-state index in [-0.39, 0.29) is 22.4 Å². The number of ether oxygens (including phenoxy) is 1. The second-order valence-corrected chi connectivity index (χ2v) is 8.20. The SMILES string of the molecule is COc1c(Br)cc(Br)cc1C(=O)Nc1cccc2c1C(=O)N(c1ccccc1)C2=O. The fourth-order valence-electron chi connectivity index (χ4n) is 3.33. The number of rotatable bonds is 4. The maximum absolute atomic E-state index is 13.1. The lowest BCUT2D eigenvalue weighted by Gasteiger charge is -2.14. The molecule has 0 aliphatic carbocycles. The van der Waals surface area contributed by atoms with E-state index in [1.165, 1.54) is 7.11 Å². The van der Waals surface area contributed by atoms with Crippen LogP contribution in [0.1, 0.15) is 31.1 Å². The van der Waals surface area contributed by atoms with Crippen LogP contribution in [0.15, 0.2) is 69.6 Å². The van der Waals surface area contributed by atoms with E-state index in [1.807, 2.05) is 0 Å². The molecule has 0 unspecified atom stereocenters. The van der Waals surface area contributed by atoms with Gasteiger partial charge in [-0.1, -0.05) is 40.2 Å². The van der Waals surface area contributed by atoms with E-state index in [0.29, 0.717) is 20.4 Å². The van der Waals surface area contributed by atoms with Gasteiger partial charge in [-0.3, -0.25) is 14.4 Å². The van der Waals surface area contributed by atoms with Crippen molar-refractivity contribution in [3.63, 3.8) is 0 Å². The Morgan fingerprint density at radius 2 is 1.70 bits per heavy atom. The molecule has 0 radical (unpaired) electrons. The predicted molar refractivity (Wildman–Crippen MR) is 120 cm³/mol. The van der Waals surface area contributed by atoms with E-state index in [2.05, 4.69) is 37.2 Å². The van der Waals surface area contributed by atoms with Crippen molar-refractivity contribution in [2.24, 2.45) is 0 Å². The number of hydrogen-bond donors (Lipinski definition) is 1. The Labute approximate surface area is 189 Å². The van der Waals surface area contributed by atoms with Crippen molar-refractivity contribution >= 4 is 61.0 Å². The van der Waals surface area contributed by atoms with E-state index in [4.69, 9.17) is 4.74 Å². The van der Waals surface area contributed by atoms with Gasteiger partial charge in [0.15, 0.2) is 0 Å². The number of methoxy groups -OCH3 is 1. The van der Waals surface area contributed by atoms with Crippen LogP contribution in [0.2, 0.25) is 0 Å². The molecule has 3 aromatic rings. The molecule has 1 aliphatic heterocycles. The molecule has 0 aromatic heterocycles. The summed E-state index contributed by atoms with van der Waals surface area (Å²) in [5.41, 5.74) is 1.40. The molecular weight excluding hydrogens is 516 g/mol. The second kappa shape index (κ2) is 8.04. The highest BCUT2D eigenvalue weighted by molar-refractivity contribution is 9.11. The van der Waals surface area contributed by atoms with Gasteiger partial charge < -0.3 is 10.1 Å². The van der Waals surface area contributed by atoms with Gasteiger partial charge in [0.25, 0.3) is 17.7 Å². The number of nitrogens with zero attached hydrogens (tertiary/aromatic N) is 1. The average Bonchev–Trinajstić information content (AvgIpc) is 2.99. The van der Waals surface area contributed by atoms with Crippen LogP contribution in [0, 0.1) is 0 Å². The first kappa shape index (κ1) is 20.3. The van der Waals surface area contributed by atoms with E-state index < -0.39 is 17.7 Å². The Morgan fingerprint density at radius 3 is 2.40 bits per heavy atom. The summed E-state index contributed by atoms with van der Waals surface area (Å²) in [6.07, 6.45) is 0. The van der Waals surface area contributed by atoms with E-state index >= 15 is 0 Å². The van der Waals surface area contributed by atoms with Gasteiger partial charge in [0.2, 0.25) is 0 Å². The maximum Gasteiger partial charge on any atom is 0.268 e. The highest BCUT2D eigenvalue weighted by Gasteiger charge is 2.38. The van der Waals surface area contributed by atoms with Gasteiger partial charge in [-0.2, -0.15) is 0 Å². The van der Waals surface area contributed by atoms with Crippen molar-refractivity contribution in [1.82, 2.24) is 0 Å². The van der Waals surface area contributed by atoms with Crippen molar-refractivity contribution in [3.05, 3.63) is 86.3 Å². The number of carbonyl (C=O) groups excluding carboxylic acids is 3. The quantitative estimate of drug-likeness (QED) is 0.467. The first-order valence-corrected chi connectivity index (χ1v) is 10.4. The zero-order valence-corrected chi connectivity index (χ0v) is 18.8. The minimum Gasteiger partial charge on any atom is -0.495 e. The lowest BCUT2D eigenvalue weighted by molar-refractivity contribution is 0.0926.